The molecule has 0 spiro atoms. The van der Waals surface area contributed by atoms with E-state index in [-0.39, 0.29) is 19.2 Å². The maximum atomic E-state index is 10.8. The van der Waals surface area contributed by atoms with Crippen LogP contribution in [0, 0.1) is 0 Å². The molecular formula is C8H12O3. The van der Waals surface area contributed by atoms with Crippen LogP contribution in [0.4, 0.5) is 0 Å². The van der Waals surface area contributed by atoms with Crippen molar-refractivity contribution in [3.63, 3.8) is 0 Å². The van der Waals surface area contributed by atoms with Crippen LogP contribution in [0.15, 0.2) is 11.6 Å². The Labute approximate surface area is 65.7 Å². The van der Waals surface area contributed by atoms with Crippen LogP contribution in [0.2, 0.25) is 0 Å². The third kappa shape index (κ3) is 2.72. The van der Waals surface area contributed by atoms with Gasteiger partial charge in [0.25, 0.3) is 0 Å². The molecule has 0 aromatic carbocycles. The van der Waals surface area contributed by atoms with Crippen LogP contribution in [0.5, 0.6) is 0 Å². The third-order valence-electron chi connectivity index (χ3n) is 1.65. The Bertz CT molecular complexity index is 166. The van der Waals surface area contributed by atoms with E-state index in [1.807, 2.05) is 0 Å². The zero-order chi connectivity index (χ0) is 8.10. The predicted molar refractivity (Wildman–Crippen MR) is 40.0 cm³/mol. The van der Waals surface area contributed by atoms with Crippen molar-refractivity contribution in [2.75, 3.05) is 13.2 Å². The lowest BCUT2D eigenvalue weighted by molar-refractivity contribution is -0.138. The molecule has 0 aliphatic heterocycles. The molecule has 11 heavy (non-hydrogen) atoms. The topological polar surface area (TPSA) is 46.5 Å². The number of ether oxygens (including phenoxy) is 1. The summed E-state index contributed by atoms with van der Waals surface area (Å²) in [6.07, 6.45) is 4.75. The molecule has 0 aromatic rings. The monoisotopic (exact) mass is 156 g/mol. The van der Waals surface area contributed by atoms with Crippen LogP contribution in [-0.4, -0.2) is 24.3 Å². The number of allylic oxidation sites excluding steroid dienone is 1. The minimum Gasteiger partial charge on any atom is -0.460 e. The average molecular weight is 156 g/mol. The van der Waals surface area contributed by atoms with Crippen molar-refractivity contribution in [1.82, 2.24) is 0 Å². The Kier molecular flexibility index (Phi) is 3.11. The molecule has 1 fully saturated rings. The number of rotatable bonds is 3. The normalized spacial score (nSPS) is 15.5. The first-order valence-electron chi connectivity index (χ1n) is 3.80. The largest absolute Gasteiger partial charge is 0.460 e. The molecule has 0 aromatic heterocycles. The molecule has 1 aliphatic carbocycles. The van der Waals surface area contributed by atoms with Crippen LogP contribution >= 0.6 is 0 Å². The van der Waals surface area contributed by atoms with Crippen molar-refractivity contribution in [3.05, 3.63) is 11.6 Å². The number of aliphatic hydroxyl groups excluding tert-OH is 1. The highest BCUT2D eigenvalue weighted by atomic mass is 16.5. The van der Waals surface area contributed by atoms with E-state index in [0.29, 0.717) is 0 Å². The van der Waals surface area contributed by atoms with Gasteiger partial charge in [0.05, 0.1) is 6.61 Å². The van der Waals surface area contributed by atoms with E-state index in [0.717, 1.165) is 18.4 Å². The maximum Gasteiger partial charge on any atom is 0.330 e. The van der Waals surface area contributed by atoms with Crippen molar-refractivity contribution < 1.29 is 14.6 Å². The van der Waals surface area contributed by atoms with Gasteiger partial charge in [0.15, 0.2) is 0 Å². The van der Waals surface area contributed by atoms with Gasteiger partial charge in [0.1, 0.15) is 6.61 Å². The molecule has 0 amide bonds. The minimum absolute atomic E-state index is 0.0998. The van der Waals surface area contributed by atoms with E-state index in [9.17, 15) is 4.79 Å². The van der Waals surface area contributed by atoms with Gasteiger partial charge >= 0.3 is 5.97 Å². The first kappa shape index (κ1) is 8.27. The molecule has 3 heteroatoms. The Balaban J connectivity index is 2.19. The lowest BCUT2D eigenvalue weighted by Gasteiger charge is -2.14. The van der Waals surface area contributed by atoms with Gasteiger partial charge in [-0.2, -0.15) is 0 Å². The molecule has 1 saturated carbocycles. The van der Waals surface area contributed by atoms with Gasteiger partial charge in [0, 0.05) is 6.08 Å². The molecule has 0 bridgehead atoms. The summed E-state index contributed by atoms with van der Waals surface area (Å²) in [6.45, 7) is -0.00245. The van der Waals surface area contributed by atoms with Crippen LogP contribution in [0.3, 0.4) is 0 Å². The van der Waals surface area contributed by atoms with Gasteiger partial charge in [-0.1, -0.05) is 5.57 Å². The molecule has 1 aliphatic rings. The Morgan fingerprint density at radius 3 is 2.82 bits per heavy atom. The van der Waals surface area contributed by atoms with Gasteiger partial charge < -0.3 is 9.84 Å². The Morgan fingerprint density at radius 1 is 1.64 bits per heavy atom. The highest BCUT2D eigenvalue weighted by Gasteiger charge is 2.10. The maximum absolute atomic E-state index is 10.8. The average Bonchev–Trinajstić information content (AvgIpc) is 1.93. The summed E-state index contributed by atoms with van der Waals surface area (Å²) in [4.78, 5) is 10.8. The van der Waals surface area contributed by atoms with Crippen molar-refractivity contribution in [2.45, 2.75) is 19.3 Å². The van der Waals surface area contributed by atoms with E-state index in [1.54, 1.807) is 0 Å². The first-order valence-corrected chi connectivity index (χ1v) is 3.80. The van der Waals surface area contributed by atoms with Gasteiger partial charge in [-0.25, -0.2) is 4.79 Å². The highest BCUT2D eigenvalue weighted by molar-refractivity contribution is 5.83. The summed E-state index contributed by atoms with van der Waals surface area (Å²) in [5, 5.41) is 8.32. The third-order valence-corrected chi connectivity index (χ3v) is 1.65. The predicted octanol–water partition coefficient (Wildman–Crippen LogP) is 0.632. The van der Waals surface area contributed by atoms with Crippen molar-refractivity contribution in [3.8, 4) is 0 Å². The zero-order valence-corrected chi connectivity index (χ0v) is 6.38. The number of aliphatic hydroxyl groups is 1. The van der Waals surface area contributed by atoms with Crippen LogP contribution < -0.4 is 0 Å². The fourth-order valence-electron chi connectivity index (χ4n) is 0.880. The molecular weight excluding hydrogens is 144 g/mol. The number of esters is 1. The van der Waals surface area contributed by atoms with Crippen LogP contribution in [0.25, 0.3) is 0 Å². The van der Waals surface area contributed by atoms with E-state index < -0.39 is 0 Å². The fraction of sp³-hybridized carbons (Fsp3) is 0.625. The van der Waals surface area contributed by atoms with Crippen molar-refractivity contribution in [1.29, 1.82) is 0 Å². The molecule has 0 saturated heterocycles. The van der Waals surface area contributed by atoms with E-state index in [1.165, 1.54) is 12.5 Å². The number of carbonyl (C=O) groups excluding carboxylic acids is 1. The van der Waals surface area contributed by atoms with Gasteiger partial charge in [-0.3, -0.25) is 0 Å². The van der Waals surface area contributed by atoms with Crippen LogP contribution in [0.1, 0.15) is 19.3 Å². The number of hydrogen-bond donors (Lipinski definition) is 1. The lowest BCUT2D eigenvalue weighted by atomic mass is 9.92. The highest BCUT2D eigenvalue weighted by Crippen LogP contribution is 2.24. The smallest absolute Gasteiger partial charge is 0.330 e. The summed E-state index contributed by atoms with van der Waals surface area (Å²) in [5.74, 6) is -0.325. The van der Waals surface area contributed by atoms with Gasteiger partial charge in [-0.15, -0.1) is 0 Å². The standard InChI is InChI=1S/C8H12O3/c9-4-5-11-8(10)6-7-2-1-3-7/h6,9H,1-5H2. The molecule has 3 nitrogen and oxygen atoms in total. The molecule has 0 radical (unpaired) electrons. The molecule has 0 heterocycles. The molecule has 62 valence electrons. The van der Waals surface area contributed by atoms with Crippen molar-refractivity contribution in [2.24, 2.45) is 0 Å². The zero-order valence-electron chi connectivity index (χ0n) is 6.38. The number of carbonyl (C=O) groups is 1. The van der Waals surface area contributed by atoms with Crippen LogP contribution in [-0.2, 0) is 9.53 Å². The first-order chi connectivity index (χ1) is 5.33. The Hall–Kier alpha value is -0.830. The quantitative estimate of drug-likeness (QED) is 0.481. The second-order valence-electron chi connectivity index (χ2n) is 2.55. The summed E-state index contributed by atoms with van der Waals surface area (Å²) in [6, 6.07) is 0. The van der Waals surface area contributed by atoms with Crippen molar-refractivity contribution >= 4 is 5.97 Å². The SMILES string of the molecule is O=C(C=C1CCC1)OCCO. The molecule has 0 atom stereocenters. The second-order valence-corrected chi connectivity index (χ2v) is 2.55. The molecule has 1 rings (SSSR count). The van der Waals surface area contributed by atoms with E-state index >= 15 is 0 Å². The summed E-state index contributed by atoms with van der Waals surface area (Å²) >= 11 is 0. The van der Waals surface area contributed by atoms with E-state index in [2.05, 4.69) is 4.74 Å². The second kappa shape index (κ2) is 4.13. The summed E-state index contributed by atoms with van der Waals surface area (Å²) in [7, 11) is 0. The molecule has 0 unspecified atom stereocenters. The Morgan fingerprint density at radius 2 is 2.36 bits per heavy atom. The summed E-state index contributed by atoms with van der Waals surface area (Å²) in [5.41, 5.74) is 1.16. The fourth-order valence-corrected chi connectivity index (χ4v) is 0.880. The van der Waals surface area contributed by atoms with Gasteiger partial charge in [-0.05, 0) is 19.3 Å². The lowest BCUT2D eigenvalue weighted by Crippen LogP contribution is -2.08. The van der Waals surface area contributed by atoms with Gasteiger partial charge in [0.2, 0.25) is 0 Å². The van der Waals surface area contributed by atoms with E-state index in [4.69, 9.17) is 5.11 Å². The summed E-state index contributed by atoms with van der Waals surface area (Å²) < 4.78 is 4.63. The minimum atomic E-state index is -0.325. The molecule has 1 N–H and O–H groups in total. The number of hydrogen-bond acceptors (Lipinski definition) is 3.